The maximum atomic E-state index is 12.4. The molecule has 2 aromatic heterocycles. The minimum absolute atomic E-state index is 0.0524. The lowest BCUT2D eigenvalue weighted by molar-refractivity contribution is -0.138. The van der Waals surface area contributed by atoms with Crippen LogP contribution < -0.4 is 0 Å². The van der Waals surface area contributed by atoms with E-state index in [9.17, 15) is 14.7 Å². The van der Waals surface area contributed by atoms with Gasteiger partial charge in [-0.2, -0.15) is 0 Å². The van der Waals surface area contributed by atoms with Crippen molar-refractivity contribution in [3.05, 3.63) is 71.6 Å². The van der Waals surface area contributed by atoms with Crippen molar-refractivity contribution in [2.75, 3.05) is 0 Å². The largest absolute Gasteiger partial charge is 0.481 e. The number of rotatable bonds is 6. The normalized spacial score (nSPS) is 12.0. The number of ketones is 1. The summed E-state index contributed by atoms with van der Waals surface area (Å²) in [5.74, 6) is -1.99. The van der Waals surface area contributed by atoms with Gasteiger partial charge in [0, 0.05) is 18.8 Å². The van der Waals surface area contributed by atoms with Gasteiger partial charge in [-0.05, 0) is 17.7 Å². The van der Waals surface area contributed by atoms with Crippen LogP contribution in [0, 0.1) is 0 Å². The Kier molecular flexibility index (Phi) is 4.34. The Hall–Kier alpha value is -2.73. The van der Waals surface area contributed by atoms with E-state index in [2.05, 4.69) is 4.98 Å². The van der Waals surface area contributed by atoms with Crippen molar-refractivity contribution in [2.45, 2.75) is 12.3 Å². The second kappa shape index (κ2) is 6.58. The van der Waals surface area contributed by atoms with Crippen LogP contribution in [-0.4, -0.2) is 26.4 Å². The van der Waals surface area contributed by atoms with Gasteiger partial charge in [0.25, 0.3) is 0 Å². The van der Waals surface area contributed by atoms with Crippen molar-refractivity contribution in [2.24, 2.45) is 0 Å². The summed E-state index contributed by atoms with van der Waals surface area (Å²) in [7, 11) is 0. The van der Waals surface area contributed by atoms with Crippen molar-refractivity contribution in [3.63, 3.8) is 0 Å². The van der Waals surface area contributed by atoms with Crippen LogP contribution in [0.4, 0.5) is 0 Å². The molecule has 0 aliphatic rings. The Morgan fingerprint density at radius 2 is 1.96 bits per heavy atom. The minimum atomic E-state index is -0.990. The second-order valence-electron chi connectivity index (χ2n) is 5.04. The van der Waals surface area contributed by atoms with E-state index in [1.807, 2.05) is 16.7 Å². The molecule has 0 amide bonds. The highest BCUT2D eigenvalue weighted by atomic mass is 32.1. The maximum Gasteiger partial charge on any atom is 0.311 e. The summed E-state index contributed by atoms with van der Waals surface area (Å²) >= 11 is 1.33. The van der Waals surface area contributed by atoms with Crippen LogP contribution in [0.25, 0.3) is 5.00 Å². The van der Waals surface area contributed by atoms with Crippen LogP contribution in [0.15, 0.2) is 61.2 Å². The number of benzene rings is 1. The van der Waals surface area contributed by atoms with E-state index >= 15 is 0 Å². The maximum absolute atomic E-state index is 12.4. The quantitative estimate of drug-likeness (QED) is 0.705. The van der Waals surface area contributed by atoms with Gasteiger partial charge in [-0.25, -0.2) is 4.98 Å². The van der Waals surface area contributed by atoms with E-state index in [1.165, 1.54) is 11.3 Å². The average Bonchev–Trinajstić information content (AvgIpc) is 3.23. The first-order valence-corrected chi connectivity index (χ1v) is 7.86. The van der Waals surface area contributed by atoms with Crippen molar-refractivity contribution >= 4 is 23.1 Å². The summed E-state index contributed by atoms with van der Waals surface area (Å²) < 4.78 is 1.81. The molecule has 0 bridgehead atoms. The first-order chi connectivity index (χ1) is 11.1. The van der Waals surface area contributed by atoms with Gasteiger partial charge in [-0.1, -0.05) is 30.3 Å². The van der Waals surface area contributed by atoms with Gasteiger partial charge in [0.15, 0.2) is 5.78 Å². The Labute approximate surface area is 136 Å². The molecule has 0 saturated heterocycles. The van der Waals surface area contributed by atoms with Gasteiger partial charge in [-0.3, -0.25) is 14.2 Å². The molecule has 6 heteroatoms. The molecule has 5 nitrogen and oxygen atoms in total. The number of aromatic nitrogens is 2. The molecule has 0 spiro atoms. The molecule has 1 aromatic carbocycles. The molecule has 0 aliphatic carbocycles. The molecular weight excluding hydrogens is 312 g/mol. The predicted octanol–water partition coefficient (Wildman–Crippen LogP) is 3.38. The zero-order valence-corrected chi connectivity index (χ0v) is 12.9. The number of Topliss-reactive ketones (excluding diaryl/α,β-unsaturated/α-hetero) is 1. The lowest BCUT2D eigenvalue weighted by Gasteiger charge is -2.11. The first kappa shape index (κ1) is 15.2. The Balaban J connectivity index is 1.79. The Morgan fingerprint density at radius 3 is 2.61 bits per heavy atom. The van der Waals surface area contributed by atoms with Gasteiger partial charge in [0.1, 0.15) is 5.00 Å². The highest BCUT2D eigenvalue weighted by Gasteiger charge is 2.24. The van der Waals surface area contributed by atoms with Gasteiger partial charge >= 0.3 is 5.97 Å². The summed E-state index contributed by atoms with van der Waals surface area (Å²) in [4.78, 5) is 28.5. The number of thiophene rings is 1. The number of carboxylic acid groups (broad SMARTS) is 1. The molecule has 2 heterocycles. The van der Waals surface area contributed by atoms with Crippen LogP contribution in [-0.2, 0) is 4.79 Å². The summed E-state index contributed by atoms with van der Waals surface area (Å²) in [6.07, 6.45) is 5.06. The van der Waals surface area contributed by atoms with E-state index in [1.54, 1.807) is 49.1 Å². The zero-order chi connectivity index (χ0) is 16.2. The van der Waals surface area contributed by atoms with E-state index in [0.717, 1.165) is 5.00 Å². The van der Waals surface area contributed by atoms with Gasteiger partial charge in [-0.15, -0.1) is 11.3 Å². The zero-order valence-electron chi connectivity index (χ0n) is 12.1. The topological polar surface area (TPSA) is 72.2 Å². The molecule has 1 atom stereocenters. The number of nitrogens with zero attached hydrogens (tertiary/aromatic N) is 2. The molecule has 1 N–H and O–H groups in total. The SMILES string of the molecule is O=C(CC(C(=O)O)c1ccccc1)c1ccc(-n2ccnc2)s1. The number of hydrogen-bond acceptors (Lipinski definition) is 4. The van der Waals surface area contributed by atoms with E-state index in [4.69, 9.17) is 0 Å². The van der Waals surface area contributed by atoms with Crippen molar-refractivity contribution in [1.29, 1.82) is 0 Å². The van der Waals surface area contributed by atoms with Crippen molar-refractivity contribution < 1.29 is 14.7 Å². The first-order valence-electron chi connectivity index (χ1n) is 7.04. The fourth-order valence-corrected chi connectivity index (χ4v) is 3.23. The van der Waals surface area contributed by atoms with Gasteiger partial charge < -0.3 is 5.11 Å². The molecule has 0 fully saturated rings. The van der Waals surface area contributed by atoms with Crippen molar-refractivity contribution in [1.82, 2.24) is 9.55 Å². The molecular formula is C17H14N2O3S. The van der Waals surface area contributed by atoms with E-state index < -0.39 is 11.9 Å². The number of hydrogen-bond donors (Lipinski definition) is 1. The molecule has 0 saturated carbocycles. The summed E-state index contributed by atoms with van der Waals surface area (Å²) in [5.41, 5.74) is 0.639. The van der Waals surface area contributed by atoms with E-state index in [0.29, 0.717) is 10.4 Å². The predicted molar refractivity (Wildman–Crippen MR) is 87.2 cm³/mol. The Bertz CT molecular complexity index is 810. The van der Waals surface area contributed by atoms with Crippen molar-refractivity contribution in [3.8, 4) is 5.00 Å². The monoisotopic (exact) mass is 326 g/mol. The van der Waals surface area contributed by atoms with Crippen LogP contribution in [0.1, 0.15) is 27.6 Å². The van der Waals surface area contributed by atoms with Gasteiger partial charge in [0.2, 0.25) is 0 Å². The second-order valence-corrected chi connectivity index (χ2v) is 6.10. The summed E-state index contributed by atoms with van der Waals surface area (Å²) in [6.45, 7) is 0. The smallest absolute Gasteiger partial charge is 0.311 e. The molecule has 23 heavy (non-hydrogen) atoms. The summed E-state index contributed by atoms with van der Waals surface area (Å²) in [6, 6.07) is 12.4. The van der Waals surface area contributed by atoms with E-state index in [-0.39, 0.29) is 12.2 Å². The number of aliphatic carboxylic acids is 1. The fraction of sp³-hybridized carbons (Fsp3) is 0.118. The molecule has 3 aromatic rings. The molecule has 0 aliphatic heterocycles. The number of imidazole rings is 1. The fourth-order valence-electron chi connectivity index (χ4n) is 2.32. The Morgan fingerprint density at radius 1 is 1.17 bits per heavy atom. The minimum Gasteiger partial charge on any atom is -0.481 e. The average molecular weight is 326 g/mol. The summed E-state index contributed by atoms with van der Waals surface area (Å²) in [5, 5.41) is 10.3. The molecule has 0 radical (unpaired) electrons. The highest BCUT2D eigenvalue weighted by molar-refractivity contribution is 7.16. The lowest BCUT2D eigenvalue weighted by atomic mass is 9.93. The third kappa shape index (κ3) is 3.37. The van der Waals surface area contributed by atoms with Crippen LogP contribution in [0.3, 0.4) is 0 Å². The lowest BCUT2D eigenvalue weighted by Crippen LogP contribution is -2.15. The molecule has 3 rings (SSSR count). The number of carbonyl (C=O) groups excluding carboxylic acids is 1. The van der Waals surface area contributed by atoms with Gasteiger partial charge in [0.05, 0.1) is 17.1 Å². The third-order valence-corrected chi connectivity index (χ3v) is 4.65. The third-order valence-electron chi connectivity index (χ3n) is 3.52. The van der Waals surface area contributed by atoms with Crippen LogP contribution in [0.5, 0.6) is 0 Å². The highest BCUT2D eigenvalue weighted by Crippen LogP contribution is 2.26. The number of carboxylic acids is 1. The van der Waals surface area contributed by atoms with Crippen LogP contribution in [0.2, 0.25) is 0 Å². The van der Waals surface area contributed by atoms with Crippen LogP contribution >= 0.6 is 11.3 Å². The number of carbonyl (C=O) groups is 2. The standard InChI is InChI=1S/C17H14N2O3S/c20-14(10-13(17(21)22)12-4-2-1-3-5-12)15-6-7-16(23-15)19-9-8-18-11-19/h1-9,11,13H,10H2,(H,21,22). The molecule has 1 unspecified atom stereocenters. The molecule has 116 valence electrons.